The van der Waals surface area contributed by atoms with Crippen molar-refractivity contribution >= 4 is 31.6 Å². The van der Waals surface area contributed by atoms with E-state index in [9.17, 15) is 31.7 Å². The molecule has 1 aromatic carbocycles. The smallest absolute Gasteiger partial charge is 0.340 e. The zero-order valence-electron chi connectivity index (χ0n) is 12.6. The fourth-order valence-corrected chi connectivity index (χ4v) is 3.19. The van der Waals surface area contributed by atoms with E-state index >= 15 is 0 Å². The van der Waals surface area contributed by atoms with E-state index in [-0.39, 0.29) is 4.90 Å². The molecule has 0 unspecified atom stereocenters. The highest BCUT2D eigenvalue weighted by molar-refractivity contribution is 9.10. The van der Waals surface area contributed by atoms with Gasteiger partial charge in [-0.2, -0.15) is 13.2 Å². The van der Waals surface area contributed by atoms with Crippen LogP contribution in [0.5, 0.6) is 0 Å². The Morgan fingerprint density at radius 1 is 1.23 bits per heavy atom. The Morgan fingerprint density at radius 3 is 2.38 bits per heavy atom. The first-order chi connectivity index (χ1) is 12.0. The summed E-state index contributed by atoms with van der Waals surface area (Å²) in [4.78, 5) is 13.2. The maximum absolute atomic E-state index is 12.7. The largest absolute Gasteiger partial charge is 0.416 e. The second kappa shape index (κ2) is 7.41. The molecular formula is C14H9BrF3N3O4S. The van der Waals surface area contributed by atoms with Gasteiger partial charge in [-0.25, -0.2) is 13.4 Å². The summed E-state index contributed by atoms with van der Waals surface area (Å²) in [5, 5.41) is 12.0. The summed E-state index contributed by atoms with van der Waals surface area (Å²) < 4.78 is 63.3. The Bertz CT molecular complexity index is 960. The van der Waals surface area contributed by atoms with E-state index in [2.05, 4.69) is 26.2 Å². The molecule has 0 aliphatic heterocycles. The van der Waals surface area contributed by atoms with Gasteiger partial charge in [0.15, 0.2) is 0 Å². The van der Waals surface area contributed by atoms with E-state index in [4.69, 9.17) is 0 Å². The van der Waals surface area contributed by atoms with Crippen LogP contribution in [0.3, 0.4) is 0 Å². The molecule has 0 saturated carbocycles. The van der Waals surface area contributed by atoms with Crippen LogP contribution in [0.15, 0.2) is 63.2 Å². The van der Waals surface area contributed by atoms with Gasteiger partial charge in [0.2, 0.25) is 0 Å². The predicted molar refractivity (Wildman–Crippen MR) is 89.3 cm³/mol. The van der Waals surface area contributed by atoms with Crippen LogP contribution in [0.1, 0.15) is 5.56 Å². The van der Waals surface area contributed by atoms with Crippen molar-refractivity contribution in [1.29, 1.82) is 0 Å². The number of rotatable bonds is 5. The Labute approximate surface area is 153 Å². The Balaban J connectivity index is 2.39. The van der Waals surface area contributed by atoms with Gasteiger partial charge in [0.05, 0.1) is 21.6 Å². The Hall–Kier alpha value is -2.47. The molecular weight excluding hydrogens is 443 g/mol. The van der Waals surface area contributed by atoms with Crippen molar-refractivity contribution in [3.8, 4) is 0 Å². The summed E-state index contributed by atoms with van der Waals surface area (Å²) in [5.74, 6) is -0.398. The van der Waals surface area contributed by atoms with E-state index in [0.717, 1.165) is 18.3 Å². The summed E-state index contributed by atoms with van der Waals surface area (Å²) in [6, 6.07) is 6.37. The second-order valence-corrected chi connectivity index (χ2v) is 7.58. The first kappa shape index (κ1) is 19.8. The number of sulfone groups is 1. The highest BCUT2D eigenvalue weighted by Crippen LogP contribution is 2.30. The van der Waals surface area contributed by atoms with Gasteiger partial charge in [-0.05, 0) is 36.4 Å². The highest BCUT2D eigenvalue weighted by Gasteiger charge is 2.32. The minimum absolute atomic E-state index is 0.345. The number of nitro groups is 1. The quantitative estimate of drug-likeness (QED) is 0.547. The summed E-state index contributed by atoms with van der Waals surface area (Å²) >= 11 is 3.11. The summed E-state index contributed by atoms with van der Waals surface area (Å²) in [6.07, 6.45) is -3.31. The van der Waals surface area contributed by atoms with Crippen LogP contribution < -0.4 is 5.32 Å². The number of benzene rings is 1. The van der Waals surface area contributed by atoms with E-state index in [1.54, 1.807) is 0 Å². The lowest BCUT2D eigenvalue weighted by atomic mass is 10.2. The molecule has 7 nitrogen and oxygen atoms in total. The van der Waals surface area contributed by atoms with Gasteiger partial charge in [0, 0.05) is 10.7 Å². The van der Waals surface area contributed by atoms with Crippen molar-refractivity contribution in [3.63, 3.8) is 0 Å². The zero-order chi connectivity index (χ0) is 19.5. The maximum Gasteiger partial charge on any atom is 0.416 e. The number of pyridine rings is 1. The van der Waals surface area contributed by atoms with Crippen LogP contribution in [-0.4, -0.2) is 18.3 Å². The third-order valence-electron chi connectivity index (χ3n) is 3.01. The molecule has 0 saturated heterocycles. The normalized spacial score (nSPS) is 12.7. The number of nitrogens with zero attached hydrogens (tertiary/aromatic N) is 2. The molecule has 138 valence electrons. The predicted octanol–water partition coefficient (Wildman–Crippen LogP) is 3.82. The summed E-state index contributed by atoms with van der Waals surface area (Å²) in [5.41, 5.74) is -1.04. The number of aromatic nitrogens is 1. The van der Waals surface area contributed by atoms with E-state index in [1.165, 1.54) is 12.1 Å². The fraction of sp³-hybridized carbons (Fsp3) is 0.0714. The molecule has 12 heteroatoms. The molecule has 0 radical (unpaired) electrons. The molecule has 0 aliphatic carbocycles. The zero-order valence-corrected chi connectivity index (χ0v) is 15.0. The molecule has 2 aromatic rings. The molecule has 1 heterocycles. The second-order valence-electron chi connectivity index (χ2n) is 4.77. The first-order valence-electron chi connectivity index (χ1n) is 6.67. The van der Waals surface area contributed by atoms with Crippen molar-refractivity contribution in [2.75, 3.05) is 5.32 Å². The summed E-state index contributed by atoms with van der Waals surface area (Å²) in [7, 11) is -4.50. The molecule has 1 aromatic heterocycles. The van der Waals surface area contributed by atoms with Gasteiger partial charge >= 0.3 is 11.2 Å². The number of alkyl halides is 3. The van der Waals surface area contributed by atoms with E-state index in [0.29, 0.717) is 22.8 Å². The standard InChI is InChI=1S/C14H9BrF3N3O4S/c15-10-1-3-11(4-2-10)26(24,25)13(21(22)23)8-20-12-7-9(5-6-19-12)14(16,17)18/h1-8H,(H,19,20). The average Bonchev–Trinajstić information content (AvgIpc) is 2.54. The lowest BCUT2D eigenvalue weighted by Crippen LogP contribution is -2.14. The lowest BCUT2D eigenvalue weighted by Gasteiger charge is -2.08. The number of hydrogen-bond donors (Lipinski definition) is 1. The van der Waals surface area contributed by atoms with Crippen molar-refractivity contribution in [2.24, 2.45) is 0 Å². The van der Waals surface area contributed by atoms with Gasteiger partial charge < -0.3 is 5.32 Å². The number of anilines is 1. The maximum atomic E-state index is 12.7. The van der Waals surface area contributed by atoms with Gasteiger partial charge in [-0.3, -0.25) is 10.1 Å². The van der Waals surface area contributed by atoms with Gasteiger partial charge in [-0.1, -0.05) is 15.9 Å². The van der Waals surface area contributed by atoms with Crippen LogP contribution in [0, 0.1) is 10.1 Å². The molecule has 0 fully saturated rings. The number of hydrogen-bond acceptors (Lipinski definition) is 6. The van der Waals surface area contributed by atoms with Crippen molar-refractivity contribution < 1.29 is 26.5 Å². The van der Waals surface area contributed by atoms with Crippen molar-refractivity contribution in [3.05, 3.63) is 74.0 Å². The molecule has 0 spiro atoms. The van der Waals surface area contributed by atoms with Crippen LogP contribution in [0.4, 0.5) is 19.0 Å². The van der Waals surface area contributed by atoms with Crippen LogP contribution >= 0.6 is 15.9 Å². The van der Waals surface area contributed by atoms with Gasteiger partial charge in [0.1, 0.15) is 5.82 Å². The van der Waals surface area contributed by atoms with Crippen LogP contribution in [0.2, 0.25) is 0 Å². The minimum atomic E-state index is -4.64. The first-order valence-corrected chi connectivity index (χ1v) is 8.94. The molecule has 0 bridgehead atoms. The number of halogens is 4. The third kappa shape index (κ3) is 4.58. The van der Waals surface area contributed by atoms with Crippen LogP contribution in [0.25, 0.3) is 0 Å². The monoisotopic (exact) mass is 451 g/mol. The highest BCUT2D eigenvalue weighted by atomic mass is 79.9. The minimum Gasteiger partial charge on any atom is -0.340 e. The van der Waals surface area contributed by atoms with Crippen molar-refractivity contribution in [1.82, 2.24) is 4.98 Å². The fourth-order valence-electron chi connectivity index (χ4n) is 1.78. The summed E-state index contributed by atoms with van der Waals surface area (Å²) in [6.45, 7) is 0. The van der Waals surface area contributed by atoms with E-state index in [1.807, 2.05) is 0 Å². The van der Waals surface area contributed by atoms with Crippen LogP contribution in [-0.2, 0) is 16.0 Å². The molecule has 0 amide bonds. The van der Waals surface area contributed by atoms with Crippen molar-refractivity contribution in [2.45, 2.75) is 11.1 Å². The SMILES string of the molecule is O=[N+]([O-])C(=CNc1cc(C(F)(F)F)ccn1)S(=O)(=O)c1ccc(Br)cc1. The molecule has 26 heavy (non-hydrogen) atoms. The molecule has 2 rings (SSSR count). The Morgan fingerprint density at radius 2 is 1.85 bits per heavy atom. The topological polar surface area (TPSA) is 102 Å². The Kier molecular flexibility index (Phi) is 5.66. The lowest BCUT2D eigenvalue weighted by molar-refractivity contribution is -0.411. The molecule has 0 aliphatic rings. The van der Waals surface area contributed by atoms with Gasteiger partial charge in [0.25, 0.3) is 9.84 Å². The van der Waals surface area contributed by atoms with Gasteiger partial charge in [-0.15, -0.1) is 0 Å². The molecule has 1 N–H and O–H groups in total. The third-order valence-corrected chi connectivity index (χ3v) is 5.25. The average molecular weight is 452 g/mol. The molecule has 0 atom stereocenters. The number of nitrogens with one attached hydrogen (secondary N) is 1. The van der Waals surface area contributed by atoms with E-state index < -0.39 is 37.3 Å².